The normalized spacial score (nSPS) is 31.4. The summed E-state index contributed by atoms with van der Waals surface area (Å²) in [6.07, 6.45) is 3.60. The zero-order valence-corrected chi connectivity index (χ0v) is 13.3. The third-order valence-corrected chi connectivity index (χ3v) is 5.60. The van der Waals surface area contributed by atoms with Crippen molar-refractivity contribution in [3.8, 4) is 0 Å². The molecule has 22 heavy (non-hydrogen) atoms. The summed E-state index contributed by atoms with van der Waals surface area (Å²) in [4.78, 5) is 16.8. The lowest BCUT2D eigenvalue weighted by Gasteiger charge is -2.42. The molecule has 4 nitrogen and oxygen atoms in total. The summed E-state index contributed by atoms with van der Waals surface area (Å²) in [6.45, 7) is 5.82. The number of aryl methyl sites for hydroxylation is 1. The van der Waals surface area contributed by atoms with E-state index in [0.717, 1.165) is 45.5 Å². The highest BCUT2D eigenvalue weighted by molar-refractivity contribution is 5.81. The minimum atomic E-state index is -0.323. The highest BCUT2D eigenvalue weighted by Gasteiger charge is 2.60. The number of nitrogens with zero attached hydrogens (tertiary/aromatic N) is 2. The molecule has 118 valence electrons. The molecule has 0 N–H and O–H groups in total. The second kappa shape index (κ2) is 5.36. The van der Waals surface area contributed by atoms with E-state index in [9.17, 15) is 4.79 Å². The Hall–Kier alpha value is -1.39. The van der Waals surface area contributed by atoms with Crippen LogP contribution in [0.2, 0.25) is 0 Å². The van der Waals surface area contributed by atoms with Crippen LogP contribution in [0.4, 0.5) is 0 Å². The summed E-state index contributed by atoms with van der Waals surface area (Å²) < 4.78 is 6.17. The Morgan fingerprint density at radius 1 is 1.27 bits per heavy atom. The van der Waals surface area contributed by atoms with E-state index >= 15 is 0 Å². The number of rotatable bonds is 3. The maximum absolute atomic E-state index is 12.4. The number of hydrogen-bond donors (Lipinski definition) is 0. The molecule has 3 heterocycles. The molecule has 0 radical (unpaired) electrons. The molecule has 3 aliphatic rings. The molecule has 1 amide bonds. The Morgan fingerprint density at radius 2 is 2.09 bits per heavy atom. The second-order valence-electron chi connectivity index (χ2n) is 6.65. The van der Waals surface area contributed by atoms with Gasteiger partial charge in [0.15, 0.2) is 5.72 Å². The SMILES string of the molecule is CCc1ccccc1CN1CC[C@@]23OCCCN2C(=O)C[C@@H]13. The first-order valence-corrected chi connectivity index (χ1v) is 8.50. The van der Waals surface area contributed by atoms with Crippen molar-refractivity contribution in [2.75, 3.05) is 19.7 Å². The minimum Gasteiger partial charge on any atom is -0.354 e. The molecule has 0 bridgehead atoms. The fourth-order valence-electron chi connectivity index (χ4n) is 4.50. The average Bonchev–Trinajstić information content (AvgIpc) is 3.02. The topological polar surface area (TPSA) is 32.8 Å². The summed E-state index contributed by atoms with van der Waals surface area (Å²) in [5.74, 6) is 0.276. The molecule has 3 fully saturated rings. The van der Waals surface area contributed by atoms with Crippen LogP contribution in [0.5, 0.6) is 0 Å². The molecule has 0 aromatic heterocycles. The molecule has 0 unspecified atom stereocenters. The number of carbonyl (C=O) groups excluding carboxylic acids is 1. The Balaban J connectivity index is 1.59. The third-order valence-electron chi connectivity index (χ3n) is 5.60. The fraction of sp³-hybridized carbons (Fsp3) is 0.611. The highest BCUT2D eigenvalue weighted by atomic mass is 16.5. The first kappa shape index (κ1) is 14.2. The molecule has 0 saturated carbocycles. The standard InChI is InChI=1S/C18H24N2O2/c1-2-14-6-3-4-7-15(14)13-19-10-8-18-16(19)12-17(21)20(18)9-5-11-22-18/h3-4,6-7,16H,2,5,8-13H2,1H3/t16-,18+/m1/s1. The number of likely N-dealkylation sites (tertiary alicyclic amines) is 1. The van der Waals surface area contributed by atoms with Gasteiger partial charge in [-0.05, 0) is 24.0 Å². The van der Waals surface area contributed by atoms with Gasteiger partial charge in [0.25, 0.3) is 0 Å². The third kappa shape index (κ3) is 2.01. The average molecular weight is 300 g/mol. The molecule has 1 aromatic rings. The molecule has 4 heteroatoms. The van der Waals surface area contributed by atoms with Gasteiger partial charge in [-0.1, -0.05) is 31.2 Å². The van der Waals surface area contributed by atoms with E-state index in [-0.39, 0.29) is 17.7 Å². The summed E-state index contributed by atoms with van der Waals surface area (Å²) in [5.41, 5.74) is 2.48. The lowest BCUT2D eigenvalue weighted by Crippen LogP contribution is -2.56. The molecule has 3 aliphatic heterocycles. The van der Waals surface area contributed by atoms with Gasteiger partial charge in [0, 0.05) is 32.5 Å². The van der Waals surface area contributed by atoms with Gasteiger partial charge >= 0.3 is 0 Å². The number of carbonyl (C=O) groups is 1. The maximum atomic E-state index is 12.4. The lowest BCUT2D eigenvalue weighted by atomic mass is 10.0. The molecule has 1 spiro atoms. The van der Waals surface area contributed by atoms with Crippen molar-refractivity contribution < 1.29 is 9.53 Å². The zero-order valence-electron chi connectivity index (χ0n) is 13.3. The van der Waals surface area contributed by atoms with Crippen LogP contribution in [-0.4, -0.2) is 47.2 Å². The monoisotopic (exact) mass is 300 g/mol. The summed E-state index contributed by atoms with van der Waals surface area (Å²) in [7, 11) is 0. The van der Waals surface area contributed by atoms with E-state index in [1.165, 1.54) is 11.1 Å². The van der Waals surface area contributed by atoms with E-state index in [1.807, 2.05) is 4.90 Å². The number of benzene rings is 1. The summed E-state index contributed by atoms with van der Waals surface area (Å²) >= 11 is 0. The number of hydrogen-bond acceptors (Lipinski definition) is 3. The van der Waals surface area contributed by atoms with Gasteiger partial charge in [-0.3, -0.25) is 9.69 Å². The van der Waals surface area contributed by atoms with Gasteiger partial charge in [0.2, 0.25) is 5.91 Å². The molecular weight excluding hydrogens is 276 g/mol. The number of amides is 1. The first-order chi connectivity index (χ1) is 10.7. The van der Waals surface area contributed by atoms with Crippen molar-refractivity contribution in [1.82, 2.24) is 9.80 Å². The molecule has 2 atom stereocenters. The van der Waals surface area contributed by atoms with E-state index in [2.05, 4.69) is 36.1 Å². The molecule has 4 rings (SSSR count). The van der Waals surface area contributed by atoms with E-state index in [1.54, 1.807) is 0 Å². The number of ether oxygens (including phenoxy) is 1. The molecule has 3 saturated heterocycles. The second-order valence-corrected chi connectivity index (χ2v) is 6.65. The van der Waals surface area contributed by atoms with E-state index < -0.39 is 0 Å². The van der Waals surface area contributed by atoms with Crippen LogP contribution < -0.4 is 0 Å². The van der Waals surface area contributed by atoms with Crippen LogP contribution in [0, 0.1) is 0 Å². The largest absolute Gasteiger partial charge is 0.354 e. The van der Waals surface area contributed by atoms with Gasteiger partial charge < -0.3 is 9.64 Å². The van der Waals surface area contributed by atoms with Gasteiger partial charge in [0.1, 0.15) is 0 Å². The van der Waals surface area contributed by atoms with Crippen LogP contribution >= 0.6 is 0 Å². The van der Waals surface area contributed by atoms with Crippen LogP contribution in [0.1, 0.15) is 37.3 Å². The smallest absolute Gasteiger partial charge is 0.226 e. The summed E-state index contributed by atoms with van der Waals surface area (Å²) in [6, 6.07) is 8.89. The van der Waals surface area contributed by atoms with Crippen LogP contribution in [0.25, 0.3) is 0 Å². The Bertz CT molecular complexity index is 588. The highest BCUT2D eigenvalue weighted by Crippen LogP contribution is 2.45. The van der Waals surface area contributed by atoms with Gasteiger partial charge in [0.05, 0.1) is 12.6 Å². The Morgan fingerprint density at radius 3 is 2.91 bits per heavy atom. The van der Waals surface area contributed by atoms with Gasteiger partial charge in [-0.15, -0.1) is 0 Å². The fourth-order valence-corrected chi connectivity index (χ4v) is 4.50. The Labute approximate surface area is 132 Å². The summed E-state index contributed by atoms with van der Waals surface area (Å²) in [5, 5.41) is 0. The van der Waals surface area contributed by atoms with Crippen LogP contribution in [-0.2, 0) is 22.5 Å². The van der Waals surface area contributed by atoms with Crippen molar-refractivity contribution in [2.24, 2.45) is 0 Å². The van der Waals surface area contributed by atoms with Gasteiger partial charge in [-0.2, -0.15) is 0 Å². The van der Waals surface area contributed by atoms with Crippen molar-refractivity contribution in [1.29, 1.82) is 0 Å². The Kier molecular flexibility index (Phi) is 3.46. The predicted octanol–water partition coefficient (Wildman–Crippen LogP) is 2.17. The first-order valence-electron chi connectivity index (χ1n) is 8.50. The maximum Gasteiger partial charge on any atom is 0.226 e. The predicted molar refractivity (Wildman–Crippen MR) is 84.3 cm³/mol. The van der Waals surface area contributed by atoms with Crippen LogP contribution in [0.3, 0.4) is 0 Å². The van der Waals surface area contributed by atoms with Crippen molar-refractivity contribution in [3.63, 3.8) is 0 Å². The minimum absolute atomic E-state index is 0.227. The molecule has 1 aromatic carbocycles. The molecular formula is C18H24N2O2. The van der Waals surface area contributed by atoms with E-state index in [4.69, 9.17) is 4.74 Å². The zero-order chi connectivity index (χ0) is 15.2. The van der Waals surface area contributed by atoms with Crippen molar-refractivity contribution in [3.05, 3.63) is 35.4 Å². The quantitative estimate of drug-likeness (QED) is 0.858. The molecule has 0 aliphatic carbocycles. The van der Waals surface area contributed by atoms with E-state index in [0.29, 0.717) is 6.42 Å². The van der Waals surface area contributed by atoms with Crippen molar-refractivity contribution in [2.45, 2.75) is 50.9 Å². The lowest BCUT2D eigenvalue weighted by molar-refractivity contribution is -0.180. The van der Waals surface area contributed by atoms with Crippen molar-refractivity contribution >= 4 is 5.91 Å². The van der Waals surface area contributed by atoms with Crippen LogP contribution in [0.15, 0.2) is 24.3 Å². The van der Waals surface area contributed by atoms with Gasteiger partial charge in [-0.25, -0.2) is 0 Å².